The summed E-state index contributed by atoms with van der Waals surface area (Å²) in [5.41, 5.74) is 0.944. The largest absolute Gasteiger partial charge is 0.264 e. The molecule has 0 bridgehead atoms. The third-order valence-electron chi connectivity index (χ3n) is 1.00. The number of aliphatic imine (C=N–C) groups is 1. The van der Waals surface area contributed by atoms with Crippen LogP contribution in [0.5, 0.6) is 0 Å². The maximum absolute atomic E-state index is 4.00. The van der Waals surface area contributed by atoms with Gasteiger partial charge in [0, 0.05) is 18.2 Å². The molecular formula is C8H9NS. The van der Waals surface area contributed by atoms with Crippen LogP contribution in [0.3, 0.4) is 0 Å². The van der Waals surface area contributed by atoms with Crippen LogP contribution in [0.4, 0.5) is 0 Å². The second-order valence-corrected chi connectivity index (χ2v) is 2.81. The highest BCUT2D eigenvalue weighted by Crippen LogP contribution is 2.05. The molecular weight excluding hydrogens is 142 g/mol. The molecule has 0 saturated carbocycles. The quantitative estimate of drug-likeness (QED) is 0.518. The normalized spacial score (nSPS) is 24.6. The lowest BCUT2D eigenvalue weighted by molar-refractivity contribution is 1.55. The predicted molar refractivity (Wildman–Crippen MR) is 48.4 cm³/mol. The fourth-order valence-corrected chi connectivity index (χ4v) is 1.11. The van der Waals surface area contributed by atoms with E-state index in [1.165, 1.54) is 0 Å². The third-order valence-corrected chi connectivity index (χ3v) is 1.72. The second kappa shape index (κ2) is 4.12. The van der Waals surface area contributed by atoms with Crippen LogP contribution in [0.1, 0.15) is 0 Å². The molecule has 0 aliphatic carbocycles. The number of hydrogen-bond acceptors (Lipinski definition) is 2. The Morgan fingerprint density at radius 1 is 1.60 bits per heavy atom. The van der Waals surface area contributed by atoms with Crippen LogP contribution < -0.4 is 0 Å². The van der Waals surface area contributed by atoms with Gasteiger partial charge >= 0.3 is 0 Å². The minimum absolute atomic E-state index is 0.944. The van der Waals surface area contributed by atoms with E-state index < -0.39 is 0 Å². The van der Waals surface area contributed by atoms with E-state index in [1.807, 2.05) is 17.6 Å². The van der Waals surface area contributed by atoms with Gasteiger partial charge in [0.25, 0.3) is 0 Å². The van der Waals surface area contributed by atoms with Crippen molar-refractivity contribution in [1.82, 2.24) is 0 Å². The van der Waals surface area contributed by atoms with Gasteiger partial charge in [0.15, 0.2) is 0 Å². The Balaban J connectivity index is 2.64. The molecule has 0 radical (unpaired) electrons. The van der Waals surface area contributed by atoms with Gasteiger partial charge in [-0.1, -0.05) is 12.7 Å². The standard InChI is InChI=1S/C8H9NS/c1-8-3-6-10-5-2-4-9-7-8/h2-4,6-7H,1,5H2/b4-2-,6-3-,9-7?. The van der Waals surface area contributed by atoms with E-state index in [9.17, 15) is 0 Å². The molecule has 1 rings (SSSR count). The zero-order valence-electron chi connectivity index (χ0n) is 5.66. The van der Waals surface area contributed by atoms with Gasteiger partial charge in [0.05, 0.1) is 0 Å². The van der Waals surface area contributed by atoms with E-state index in [1.54, 1.807) is 24.2 Å². The van der Waals surface area contributed by atoms with Crippen molar-refractivity contribution in [3.05, 3.63) is 35.9 Å². The monoisotopic (exact) mass is 151 g/mol. The Morgan fingerprint density at radius 3 is 3.40 bits per heavy atom. The van der Waals surface area contributed by atoms with Crippen LogP contribution in [0.25, 0.3) is 0 Å². The van der Waals surface area contributed by atoms with Crippen LogP contribution in [0, 0.1) is 0 Å². The zero-order chi connectivity index (χ0) is 7.23. The van der Waals surface area contributed by atoms with E-state index in [0.29, 0.717) is 0 Å². The lowest BCUT2D eigenvalue weighted by Gasteiger charge is -1.84. The molecule has 0 amide bonds. The fourth-order valence-electron chi connectivity index (χ4n) is 0.532. The van der Waals surface area contributed by atoms with Crippen molar-refractivity contribution in [3.8, 4) is 0 Å². The number of hydrogen-bond donors (Lipinski definition) is 0. The molecule has 0 aromatic rings. The summed E-state index contributed by atoms with van der Waals surface area (Å²) in [5, 5.41) is 2.03. The third kappa shape index (κ3) is 2.69. The molecule has 0 spiro atoms. The number of rotatable bonds is 0. The van der Waals surface area contributed by atoms with E-state index >= 15 is 0 Å². The van der Waals surface area contributed by atoms with Crippen molar-refractivity contribution < 1.29 is 0 Å². The van der Waals surface area contributed by atoms with Gasteiger partial charge in [-0.25, -0.2) is 0 Å². The van der Waals surface area contributed by atoms with E-state index in [2.05, 4.69) is 11.6 Å². The van der Waals surface area contributed by atoms with Crippen LogP contribution in [0.15, 0.2) is 40.9 Å². The summed E-state index contributed by atoms with van der Waals surface area (Å²) in [5.74, 6) is 0.987. The molecule has 10 heavy (non-hydrogen) atoms. The minimum atomic E-state index is 0.944. The first-order valence-corrected chi connectivity index (χ1v) is 4.10. The SMILES string of the molecule is C=C1C=N/C=C\CS/C=C\1. The van der Waals surface area contributed by atoms with Gasteiger partial charge in [-0.2, -0.15) is 0 Å². The average molecular weight is 151 g/mol. The average Bonchev–Trinajstić information content (AvgIpc) is 2.02. The molecule has 1 nitrogen and oxygen atoms in total. The van der Waals surface area contributed by atoms with Gasteiger partial charge in [-0.3, -0.25) is 4.99 Å². The van der Waals surface area contributed by atoms with Crippen LogP contribution in [0.2, 0.25) is 0 Å². The summed E-state index contributed by atoms with van der Waals surface area (Å²) < 4.78 is 0. The molecule has 0 aromatic carbocycles. The Hall–Kier alpha value is -0.760. The van der Waals surface area contributed by atoms with Gasteiger partial charge < -0.3 is 0 Å². The summed E-state index contributed by atoms with van der Waals surface area (Å²) in [6, 6.07) is 0. The first-order valence-electron chi connectivity index (χ1n) is 3.05. The molecule has 0 N–H and O–H groups in total. The summed E-state index contributed by atoms with van der Waals surface area (Å²) in [4.78, 5) is 4.00. The molecule has 1 aliphatic heterocycles. The number of nitrogens with zero attached hydrogens (tertiary/aromatic N) is 1. The highest BCUT2D eigenvalue weighted by Gasteiger charge is 1.82. The summed E-state index contributed by atoms with van der Waals surface area (Å²) in [6.07, 6.45) is 7.52. The molecule has 0 fully saturated rings. The molecule has 0 atom stereocenters. The van der Waals surface area contributed by atoms with Crippen molar-refractivity contribution in [2.24, 2.45) is 4.99 Å². The summed E-state index contributed by atoms with van der Waals surface area (Å²) in [7, 11) is 0. The predicted octanol–water partition coefficient (Wildman–Crippen LogP) is 2.39. The highest BCUT2D eigenvalue weighted by molar-refractivity contribution is 8.02. The van der Waals surface area contributed by atoms with Crippen molar-refractivity contribution in [2.45, 2.75) is 0 Å². The van der Waals surface area contributed by atoms with Crippen LogP contribution >= 0.6 is 11.8 Å². The molecule has 52 valence electrons. The van der Waals surface area contributed by atoms with Gasteiger partial charge in [0.2, 0.25) is 0 Å². The maximum atomic E-state index is 4.00. The molecule has 1 aliphatic rings. The van der Waals surface area contributed by atoms with Crippen LogP contribution in [-0.4, -0.2) is 12.0 Å². The second-order valence-electron chi connectivity index (χ2n) is 1.87. The number of allylic oxidation sites excluding steroid dienone is 2. The van der Waals surface area contributed by atoms with E-state index in [-0.39, 0.29) is 0 Å². The van der Waals surface area contributed by atoms with Gasteiger partial charge in [-0.15, -0.1) is 11.8 Å². The van der Waals surface area contributed by atoms with E-state index in [4.69, 9.17) is 0 Å². The Bertz CT molecular complexity index is 201. The zero-order valence-corrected chi connectivity index (χ0v) is 6.47. The Labute approximate surface area is 65.2 Å². The first-order chi connectivity index (χ1) is 4.89. The van der Waals surface area contributed by atoms with Crippen molar-refractivity contribution in [1.29, 1.82) is 0 Å². The topological polar surface area (TPSA) is 12.4 Å². The van der Waals surface area contributed by atoms with Gasteiger partial charge in [-0.05, 0) is 17.1 Å². The van der Waals surface area contributed by atoms with Crippen molar-refractivity contribution in [3.63, 3.8) is 0 Å². The summed E-state index contributed by atoms with van der Waals surface area (Å²) in [6.45, 7) is 3.77. The Kier molecular flexibility index (Phi) is 3.03. The molecule has 0 unspecified atom stereocenters. The van der Waals surface area contributed by atoms with E-state index in [0.717, 1.165) is 11.3 Å². The number of thioether (sulfide) groups is 1. The first kappa shape index (κ1) is 7.35. The minimum Gasteiger partial charge on any atom is -0.264 e. The van der Waals surface area contributed by atoms with Crippen molar-refractivity contribution >= 4 is 18.0 Å². The Morgan fingerprint density at radius 2 is 2.50 bits per heavy atom. The van der Waals surface area contributed by atoms with Crippen LogP contribution in [-0.2, 0) is 0 Å². The van der Waals surface area contributed by atoms with Gasteiger partial charge in [0.1, 0.15) is 0 Å². The maximum Gasteiger partial charge on any atom is 0.0334 e. The fraction of sp³-hybridized carbons (Fsp3) is 0.125. The van der Waals surface area contributed by atoms with Crippen molar-refractivity contribution in [2.75, 3.05) is 5.75 Å². The molecule has 2 heteroatoms. The smallest absolute Gasteiger partial charge is 0.0334 e. The summed E-state index contributed by atoms with van der Waals surface area (Å²) >= 11 is 1.74. The lowest BCUT2D eigenvalue weighted by Crippen LogP contribution is -1.72. The molecule has 0 saturated heterocycles. The molecule has 0 aromatic heterocycles. The molecule has 1 heterocycles. The highest BCUT2D eigenvalue weighted by atomic mass is 32.2. The lowest BCUT2D eigenvalue weighted by atomic mass is 10.3.